The smallest absolute Gasteiger partial charge is 0.243 e. The van der Waals surface area contributed by atoms with Crippen LogP contribution in [0.2, 0.25) is 5.02 Å². The fourth-order valence-corrected chi connectivity index (χ4v) is 7.83. The van der Waals surface area contributed by atoms with E-state index < -0.39 is 10.0 Å². The van der Waals surface area contributed by atoms with E-state index in [9.17, 15) is 12.8 Å². The van der Waals surface area contributed by atoms with Crippen LogP contribution in [0.15, 0.2) is 46.5 Å². The van der Waals surface area contributed by atoms with Crippen LogP contribution in [-0.2, 0) is 27.1 Å². The first kappa shape index (κ1) is 25.0. The van der Waals surface area contributed by atoms with E-state index in [0.717, 1.165) is 37.8 Å². The number of nitrogens with zero attached hydrogens (tertiary/aromatic N) is 3. The Balaban J connectivity index is 1.49. The van der Waals surface area contributed by atoms with E-state index in [2.05, 4.69) is 11.5 Å². The van der Waals surface area contributed by atoms with Crippen LogP contribution in [0.4, 0.5) is 4.39 Å². The Hall–Kier alpha value is -1.65. The van der Waals surface area contributed by atoms with Crippen LogP contribution in [0.5, 0.6) is 0 Å². The molecule has 2 atom stereocenters. The highest BCUT2D eigenvalue weighted by Gasteiger charge is 2.29. The van der Waals surface area contributed by atoms with E-state index >= 15 is 0 Å². The Morgan fingerprint density at radius 2 is 2.09 bits per heavy atom. The normalized spacial score (nSPS) is 21.7. The fraction of sp³-hybridized carbons (Fsp3) is 0.480. The Morgan fingerprint density at radius 3 is 2.83 bits per heavy atom. The maximum Gasteiger partial charge on any atom is 0.243 e. The number of thioether (sulfide) groups is 1. The zero-order valence-corrected chi connectivity index (χ0v) is 22.0. The zero-order valence-electron chi connectivity index (χ0n) is 19.6. The molecular formula is C25H29ClFN3O3S2. The number of imidazole rings is 1. The van der Waals surface area contributed by atoms with Crippen LogP contribution in [0, 0.1) is 11.7 Å². The van der Waals surface area contributed by atoms with E-state index in [1.807, 2.05) is 6.07 Å². The van der Waals surface area contributed by atoms with Gasteiger partial charge in [0, 0.05) is 36.0 Å². The van der Waals surface area contributed by atoms with Crippen LogP contribution in [0.3, 0.4) is 0 Å². The van der Waals surface area contributed by atoms with Crippen molar-refractivity contribution in [2.24, 2.45) is 5.92 Å². The number of piperidine rings is 1. The molecule has 1 aromatic heterocycles. The highest BCUT2D eigenvalue weighted by atomic mass is 35.5. The Kier molecular flexibility index (Phi) is 7.42. The third-order valence-electron chi connectivity index (χ3n) is 6.76. The molecule has 2 fully saturated rings. The summed E-state index contributed by atoms with van der Waals surface area (Å²) in [4.78, 5) is 5.04. The second-order valence-corrected chi connectivity index (χ2v) is 12.7. The van der Waals surface area contributed by atoms with Crippen LogP contribution < -0.4 is 0 Å². The van der Waals surface area contributed by atoms with Crippen molar-refractivity contribution in [1.29, 1.82) is 0 Å². The van der Waals surface area contributed by atoms with Gasteiger partial charge < -0.3 is 9.30 Å². The summed E-state index contributed by atoms with van der Waals surface area (Å²) in [7, 11) is -3.59. The third-order valence-corrected chi connectivity index (χ3v) is 9.98. The van der Waals surface area contributed by atoms with Crippen LogP contribution in [0.1, 0.15) is 38.2 Å². The summed E-state index contributed by atoms with van der Waals surface area (Å²) in [6, 6.07) is 9.83. The molecule has 5 rings (SSSR count). The van der Waals surface area contributed by atoms with Crippen molar-refractivity contribution in [2.45, 2.75) is 61.1 Å². The molecule has 6 nitrogen and oxygen atoms in total. The number of rotatable bonds is 7. The molecule has 3 heterocycles. The molecule has 0 amide bonds. The SMILES string of the molecule is C[C@@H]1CCCN(S(=O)(=O)c2ccc3c(c2)nc(SCc2c(F)cccc2Cl)n3C[C@H]2CCCO2)C1. The van der Waals surface area contributed by atoms with Crippen molar-refractivity contribution in [3.8, 4) is 0 Å². The van der Waals surface area contributed by atoms with E-state index in [-0.39, 0.29) is 16.8 Å². The molecule has 0 N–H and O–H groups in total. The molecule has 2 aromatic carbocycles. The quantitative estimate of drug-likeness (QED) is 0.361. The Labute approximate surface area is 214 Å². The van der Waals surface area contributed by atoms with Gasteiger partial charge >= 0.3 is 0 Å². The summed E-state index contributed by atoms with van der Waals surface area (Å²) >= 11 is 7.63. The maximum absolute atomic E-state index is 14.4. The number of ether oxygens (including phenoxy) is 1. The van der Waals surface area contributed by atoms with Gasteiger partial charge in [-0.1, -0.05) is 36.4 Å². The van der Waals surface area contributed by atoms with E-state index in [0.29, 0.717) is 52.6 Å². The number of fused-ring (bicyclic) bond motifs is 1. The fourth-order valence-electron chi connectivity index (χ4n) is 4.85. The summed E-state index contributed by atoms with van der Waals surface area (Å²) < 4.78 is 50.5. The number of aromatic nitrogens is 2. The topological polar surface area (TPSA) is 64.4 Å². The van der Waals surface area contributed by atoms with Gasteiger partial charge in [-0.25, -0.2) is 17.8 Å². The molecule has 2 saturated heterocycles. The molecule has 35 heavy (non-hydrogen) atoms. The minimum atomic E-state index is -3.59. The molecule has 0 unspecified atom stereocenters. The average Bonchev–Trinajstić information content (AvgIpc) is 3.47. The predicted octanol–water partition coefficient (Wildman–Crippen LogP) is 5.72. The first-order valence-electron chi connectivity index (χ1n) is 12.0. The van der Waals surface area contributed by atoms with Gasteiger partial charge in [-0.3, -0.25) is 0 Å². The Morgan fingerprint density at radius 1 is 1.23 bits per heavy atom. The summed E-state index contributed by atoms with van der Waals surface area (Å²) in [5.41, 5.74) is 1.88. The van der Waals surface area contributed by atoms with E-state index in [1.165, 1.54) is 17.8 Å². The lowest BCUT2D eigenvalue weighted by atomic mass is 10.0. The summed E-state index contributed by atoms with van der Waals surface area (Å²) in [5, 5.41) is 1.07. The highest BCUT2D eigenvalue weighted by Crippen LogP contribution is 2.33. The molecule has 0 spiro atoms. The van der Waals surface area contributed by atoms with Gasteiger partial charge in [0.15, 0.2) is 5.16 Å². The molecule has 0 aliphatic carbocycles. The standard InChI is InChI=1S/C25H29ClFN3O3S2/c1-17-5-3-11-29(14-17)35(31,32)19-9-10-24-23(13-19)28-25(30(24)15-18-6-4-12-33-18)34-16-20-21(26)7-2-8-22(20)27/h2,7-10,13,17-18H,3-6,11-12,14-16H2,1H3/t17-,18-/m1/s1. The summed E-state index contributed by atoms with van der Waals surface area (Å²) in [5.74, 6) is 0.314. The average molecular weight is 538 g/mol. The lowest BCUT2D eigenvalue weighted by molar-refractivity contribution is 0.0960. The molecule has 2 aliphatic heterocycles. The summed E-state index contributed by atoms with van der Waals surface area (Å²) in [6.07, 6.45) is 3.97. The molecule has 3 aromatic rings. The van der Waals surface area contributed by atoms with Gasteiger partial charge in [0.25, 0.3) is 0 Å². The van der Waals surface area contributed by atoms with Gasteiger partial charge in [-0.15, -0.1) is 0 Å². The van der Waals surface area contributed by atoms with Crippen molar-refractivity contribution in [1.82, 2.24) is 13.9 Å². The van der Waals surface area contributed by atoms with Gasteiger partial charge in [0.2, 0.25) is 10.0 Å². The first-order valence-corrected chi connectivity index (χ1v) is 14.8. The molecular weight excluding hydrogens is 509 g/mol. The van der Waals surface area contributed by atoms with Crippen molar-refractivity contribution < 1.29 is 17.5 Å². The highest BCUT2D eigenvalue weighted by molar-refractivity contribution is 7.98. The largest absolute Gasteiger partial charge is 0.376 e. The van der Waals surface area contributed by atoms with E-state index in [4.69, 9.17) is 21.3 Å². The monoisotopic (exact) mass is 537 g/mol. The first-order chi connectivity index (χ1) is 16.8. The number of hydrogen-bond acceptors (Lipinski definition) is 5. The number of sulfonamides is 1. The molecule has 0 saturated carbocycles. The van der Waals surface area contributed by atoms with Gasteiger partial charge in [0.05, 0.1) is 28.6 Å². The molecule has 0 bridgehead atoms. The third kappa shape index (κ3) is 5.25. The number of hydrogen-bond donors (Lipinski definition) is 0. The molecule has 188 valence electrons. The van der Waals surface area contributed by atoms with Gasteiger partial charge in [0.1, 0.15) is 5.82 Å². The van der Waals surface area contributed by atoms with E-state index in [1.54, 1.807) is 28.6 Å². The second kappa shape index (κ2) is 10.4. The lowest BCUT2D eigenvalue weighted by Gasteiger charge is -2.30. The minimum absolute atomic E-state index is 0.0713. The predicted molar refractivity (Wildman–Crippen MR) is 137 cm³/mol. The molecule has 0 radical (unpaired) electrons. The number of benzene rings is 2. The molecule has 10 heteroatoms. The molecule has 2 aliphatic rings. The van der Waals surface area contributed by atoms with Gasteiger partial charge in [-0.2, -0.15) is 4.31 Å². The van der Waals surface area contributed by atoms with Crippen LogP contribution in [-0.4, -0.2) is 48.1 Å². The lowest BCUT2D eigenvalue weighted by Crippen LogP contribution is -2.39. The Bertz CT molecular complexity index is 1300. The van der Waals surface area contributed by atoms with Crippen LogP contribution in [0.25, 0.3) is 11.0 Å². The van der Waals surface area contributed by atoms with Crippen molar-refractivity contribution in [3.63, 3.8) is 0 Å². The summed E-state index contributed by atoms with van der Waals surface area (Å²) in [6.45, 7) is 4.52. The van der Waals surface area contributed by atoms with Gasteiger partial charge in [-0.05, 0) is 61.9 Å². The second-order valence-electron chi connectivity index (χ2n) is 9.39. The van der Waals surface area contributed by atoms with Crippen molar-refractivity contribution in [3.05, 3.63) is 52.8 Å². The van der Waals surface area contributed by atoms with Crippen LogP contribution >= 0.6 is 23.4 Å². The van der Waals surface area contributed by atoms with Crippen molar-refractivity contribution in [2.75, 3.05) is 19.7 Å². The maximum atomic E-state index is 14.4. The zero-order chi connectivity index (χ0) is 24.6. The number of halogens is 2. The van der Waals surface area contributed by atoms with Crippen molar-refractivity contribution >= 4 is 44.4 Å². The minimum Gasteiger partial charge on any atom is -0.376 e.